The molecule has 90 valence electrons. The lowest BCUT2D eigenvalue weighted by atomic mass is 9.99. The van der Waals surface area contributed by atoms with Crippen molar-refractivity contribution in [3.8, 4) is 0 Å². The van der Waals surface area contributed by atoms with Crippen molar-refractivity contribution in [2.24, 2.45) is 5.92 Å². The molecule has 16 heavy (non-hydrogen) atoms. The van der Waals surface area contributed by atoms with Gasteiger partial charge in [-0.25, -0.2) is 0 Å². The first-order valence-corrected chi connectivity index (χ1v) is 7.57. The molecule has 1 aliphatic carbocycles. The third-order valence-electron chi connectivity index (χ3n) is 3.65. The lowest BCUT2D eigenvalue weighted by Gasteiger charge is -2.12. The topological polar surface area (TPSA) is 12.0 Å². The Hall–Kier alpha value is -0.340. The van der Waals surface area contributed by atoms with E-state index in [-0.39, 0.29) is 0 Å². The first-order chi connectivity index (χ1) is 7.88. The number of thiophene rings is 1. The third kappa shape index (κ3) is 3.60. The van der Waals surface area contributed by atoms with Gasteiger partial charge < -0.3 is 5.32 Å². The molecular weight excluding hydrogens is 214 g/mol. The fraction of sp³-hybridized carbons (Fsp3) is 0.714. The molecule has 0 bridgehead atoms. The summed E-state index contributed by atoms with van der Waals surface area (Å²) in [6.07, 6.45) is 8.18. The van der Waals surface area contributed by atoms with Crippen molar-refractivity contribution >= 4 is 11.3 Å². The first kappa shape index (κ1) is 12.1. The molecule has 2 unspecified atom stereocenters. The second kappa shape index (κ2) is 6.41. The van der Waals surface area contributed by atoms with Gasteiger partial charge in [0.05, 0.1) is 0 Å². The molecule has 1 fully saturated rings. The quantitative estimate of drug-likeness (QED) is 0.792. The van der Waals surface area contributed by atoms with Crippen LogP contribution in [0.1, 0.15) is 44.6 Å². The summed E-state index contributed by atoms with van der Waals surface area (Å²) < 4.78 is 0. The molecule has 1 N–H and O–H groups in total. The third-order valence-corrected chi connectivity index (χ3v) is 4.38. The summed E-state index contributed by atoms with van der Waals surface area (Å²) in [5.41, 5.74) is 1.54. The Labute approximate surface area is 103 Å². The highest BCUT2D eigenvalue weighted by atomic mass is 32.1. The van der Waals surface area contributed by atoms with Crippen molar-refractivity contribution < 1.29 is 0 Å². The Bertz CT molecular complexity index is 281. The van der Waals surface area contributed by atoms with Crippen LogP contribution in [-0.4, -0.2) is 12.6 Å². The van der Waals surface area contributed by atoms with Gasteiger partial charge in [0, 0.05) is 6.04 Å². The fourth-order valence-electron chi connectivity index (χ4n) is 2.68. The normalized spacial score (nSPS) is 25.1. The van der Waals surface area contributed by atoms with Gasteiger partial charge in [-0.15, -0.1) is 0 Å². The van der Waals surface area contributed by atoms with Crippen molar-refractivity contribution in [3.05, 3.63) is 22.4 Å². The van der Waals surface area contributed by atoms with Crippen LogP contribution in [-0.2, 0) is 6.42 Å². The number of aryl methyl sites for hydroxylation is 1. The number of nitrogens with one attached hydrogen (secondary N) is 1. The zero-order valence-electron chi connectivity index (χ0n) is 10.2. The fourth-order valence-corrected chi connectivity index (χ4v) is 3.38. The first-order valence-electron chi connectivity index (χ1n) is 6.63. The maximum Gasteiger partial charge on any atom is 0.00698 e. The van der Waals surface area contributed by atoms with Crippen molar-refractivity contribution in [1.29, 1.82) is 0 Å². The van der Waals surface area contributed by atoms with Crippen molar-refractivity contribution in [3.63, 3.8) is 0 Å². The number of hydrogen-bond donors (Lipinski definition) is 1. The van der Waals surface area contributed by atoms with E-state index in [4.69, 9.17) is 0 Å². The van der Waals surface area contributed by atoms with E-state index in [1.165, 1.54) is 50.6 Å². The summed E-state index contributed by atoms with van der Waals surface area (Å²) >= 11 is 1.82. The predicted octanol–water partition coefficient (Wildman–Crippen LogP) is 3.85. The molecule has 2 rings (SSSR count). The van der Waals surface area contributed by atoms with Crippen molar-refractivity contribution in [2.75, 3.05) is 6.54 Å². The highest BCUT2D eigenvalue weighted by Gasteiger charge is 2.23. The van der Waals surface area contributed by atoms with Crippen molar-refractivity contribution in [1.82, 2.24) is 5.32 Å². The van der Waals surface area contributed by atoms with Crippen LogP contribution in [0.3, 0.4) is 0 Å². The second-order valence-corrected chi connectivity index (χ2v) is 5.78. The molecule has 2 atom stereocenters. The van der Waals surface area contributed by atoms with Gasteiger partial charge in [0.25, 0.3) is 0 Å². The molecule has 1 nitrogen and oxygen atoms in total. The van der Waals surface area contributed by atoms with Gasteiger partial charge in [-0.3, -0.25) is 0 Å². The molecule has 0 aliphatic heterocycles. The van der Waals surface area contributed by atoms with Gasteiger partial charge >= 0.3 is 0 Å². The average molecular weight is 237 g/mol. The lowest BCUT2D eigenvalue weighted by molar-refractivity contribution is 0.464. The van der Waals surface area contributed by atoms with Crippen LogP contribution in [0.2, 0.25) is 0 Å². The van der Waals surface area contributed by atoms with E-state index in [0.717, 1.165) is 12.0 Å². The maximum absolute atomic E-state index is 3.66. The van der Waals surface area contributed by atoms with Gasteiger partial charge in [0.15, 0.2) is 0 Å². The summed E-state index contributed by atoms with van der Waals surface area (Å²) in [6.45, 7) is 3.44. The van der Waals surface area contributed by atoms with Gasteiger partial charge in [-0.2, -0.15) is 11.3 Å². The summed E-state index contributed by atoms with van der Waals surface area (Å²) in [7, 11) is 0. The smallest absolute Gasteiger partial charge is 0.00698 e. The summed E-state index contributed by atoms with van der Waals surface area (Å²) in [5, 5.41) is 8.14. The Balaban J connectivity index is 1.65. The minimum absolute atomic E-state index is 0.812. The molecule has 1 aromatic rings. The van der Waals surface area contributed by atoms with E-state index < -0.39 is 0 Å². The van der Waals surface area contributed by atoms with Crippen LogP contribution in [0, 0.1) is 5.92 Å². The lowest BCUT2D eigenvalue weighted by Crippen LogP contribution is -2.27. The Morgan fingerprint density at radius 3 is 3.12 bits per heavy atom. The molecule has 1 saturated carbocycles. The minimum Gasteiger partial charge on any atom is -0.314 e. The van der Waals surface area contributed by atoms with Gasteiger partial charge in [-0.1, -0.05) is 6.92 Å². The van der Waals surface area contributed by atoms with E-state index in [2.05, 4.69) is 29.1 Å². The van der Waals surface area contributed by atoms with Gasteiger partial charge in [-0.05, 0) is 73.4 Å². The average Bonchev–Trinajstić information content (AvgIpc) is 2.95. The molecule has 2 heteroatoms. The maximum atomic E-state index is 3.66. The molecule has 1 aromatic heterocycles. The Morgan fingerprint density at radius 2 is 2.38 bits per heavy atom. The van der Waals surface area contributed by atoms with Crippen LogP contribution in [0.25, 0.3) is 0 Å². The van der Waals surface area contributed by atoms with E-state index in [1.54, 1.807) is 0 Å². The van der Waals surface area contributed by atoms with Gasteiger partial charge in [0.2, 0.25) is 0 Å². The Morgan fingerprint density at radius 1 is 1.44 bits per heavy atom. The van der Waals surface area contributed by atoms with Crippen LogP contribution in [0.15, 0.2) is 16.8 Å². The standard InChI is InChI=1S/C14H23NS/c1-2-8-15-14-6-5-12(10-14)3-4-13-7-9-16-11-13/h7,9,11-12,14-15H,2-6,8,10H2,1H3. The van der Waals surface area contributed by atoms with E-state index in [0.29, 0.717) is 0 Å². The predicted molar refractivity (Wildman–Crippen MR) is 72.1 cm³/mol. The molecule has 1 aliphatic rings. The summed E-state index contributed by atoms with van der Waals surface area (Å²) in [5.74, 6) is 0.967. The zero-order chi connectivity index (χ0) is 11.2. The zero-order valence-corrected chi connectivity index (χ0v) is 11.1. The summed E-state index contributed by atoms with van der Waals surface area (Å²) in [4.78, 5) is 0. The minimum atomic E-state index is 0.812. The van der Waals surface area contributed by atoms with E-state index >= 15 is 0 Å². The molecule has 0 spiro atoms. The molecule has 0 saturated heterocycles. The van der Waals surface area contributed by atoms with Crippen LogP contribution in [0.5, 0.6) is 0 Å². The summed E-state index contributed by atoms with van der Waals surface area (Å²) in [6, 6.07) is 3.08. The number of rotatable bonds is 6. The van der Waals surface area contributed by atoms with Crippen LogP contribution >= 0.6 is 11.3 Å². The van der Waals surface area contributed by atoms with Gasteiger partial charge in [0.1, 0.15) is 0 Å². The highest BCUT2D eigenvalue weighted by molar-refractivity contribution is 7.07. The SMILES string of the molecule is CCCNC1CCC(CCc2ccsc2)C1. The molecule has 0 aromatic carbocycles. The highest BCUT2D eigenvalue weighted by Crippen LogP contribution is 2.29. The van der Waals surface area contributed by atoms with Crippen molar-refractivity contribution in [2.45, 2.75) is 51.5 Å². The molecular formula is C14H23NS. The second-order valence-electron chi connectivity index (χ2n) is 5.00. The molecule has 1 heterocycles. The number of hydrogen-bond acceptors (Lipinski definition) is 2. The molecule has 0 radical (unpaired) electrons. The Kier molecular flexibility index (Phi) is 4.86. The monoisotopic (exact) mass is 237 g/mol. The van der Waals surface area contributed by atoms with Crippen LogP contribution < -0.4 is 5.32 Å². The molecule has 0 amide bonds. The largest absolute Gasteiger partial charge is 0.314 e. The van der Waals surface area contributed by atoms with Crippen LogP contribution in [0.4, 0.5) is 0 Å². The van der Waals surface area contributed by atoms with E-state index in [9.17, 15) is 0 Å². The van der Waals surface area contributed by atoms with E-state index in [1.807, 2.05) is 11.3 Å².